The summed E-state index contributed by atoms with van der Waals surface area (Å²) in [5.41, 5.74) is 5.76. The number of carbonyl (C=O) groups is 1. The molecule has 2 saturated carbocycles. The first-order chi connectivity index (χ1) is 8.60. The molecule has 0 aromatic carbocycles. The van der Waals surface area contributed by atoms with Crippen LogP contribution in [-0.4, -0.2) is 18.5 Å². The van der Waals surface area contributed by atoms with Crippen molar-refractivity contribution in [2.45, 2.75) is 58.4 Å². The highest BCUT2D eigenvalue weighted by Crippen LogP contribution is 2.44. The van der Waals surface area contributed by atoms with Crippen LogP contribution in [0.2, 0.25) is 0 Å². The quantitative estimate of drug-likeness (QED) is 0.696. The maximum Gasteiger partial charge on any atom is 0.220 e. The number of amides is 1. The number of hydrogen-bond donors (Lipinski definition) is 2. The Bertz CT molecular complexity index is 270. The first kappa shape index (κ1) is 13.9. The second-order valence-electron chi connectivity index (χ2n) is 6.70. The summed E-state index contributed by atoms with van der Waals surface area (Å²) in [5.74, 6) is 2.76. The van der Waals surface area contributed by atoms with E-state index in [-0.39, 0.29) is 5.91 Å². The van der Waals surface area contributed by atoms with E-state index in [4.69, 9.17) is 5.73 Å². The van der Waals surface area contributed by atoms with E-state index in [1.165, 1.54) is 25.7 Å². The average molecular weight is 252 g/mol. The molecular formula is C15H28N2O. The molecule has 3 heteroatoms. The highest BCUT2D eigenvalue weighted by atomic mass is 16.1. The summed E-state index contributed by atoms with van der Waals surface area (Å²) in [6.45, 7) is 5.01. The number of carbonyl (C=O) groups excluding carboxylic acids is 1. The zero-order valence-corrected chi connectivity index (χ0v) is 11.8. The SMILES string of the molecule is CC(C)C[C@H](CN)CC(=O)NC(C1CC1)C1CC1. The van der Waals surface area contributed by atoms with Crippen LogP contribution in [-0.2, 0) is 4.79 Å². The minimum absolute atomic E-state index is 0.231. The molecule has 0 aromatic rings. The monoisotopic (exact) mass is 252 g/mol. The lowest BCUT2D eigenvalue weighted by Crippen LogP contribution is -2.39. The van der Waals surface area contributed by atoms with Gasteiger partial charge in [0.25, 0.3) is 0 Å². The van der Waals surface area contributed by atoms with Gasteiger partial charge in [0, 0.05) is 12.5 Å². The van der Waals surface area contributed by atoms with Crippen molar-refractivity contribution >= 4 is 5.91 Å². The third kappa shape index (κ3) is 4.27. The minimum atomic E-state index is 0.231. The Morgan fingerprint density at radius 1 is 1.22 bits per heavy atom. The van der Waals surface area contributed by atoms with E-state index >= 15 is 0 Å². The molecule has 0 aliphatic heterocycles. The Morgan fingerprint density at radius 2 is 1.78 bits per heavy atom. The van der Waals surface area contributed by atoms with Crippen molar-refractivity contribution in [1.29, 1.82) is 0 Å². The fourth-order valence-corrected chi connectivity index (χ4v) is 2.97. The van der Waals surface area contributed by atoms with Crippen molar-refractivity contribution < 1.29 is 4.79 Å². The van der Waals surface area contributed by atoms with E-state index in [1.807, 2.05) is 0 Å². The second-order valence-corrected chi connectivity index (χ2v) is 6.70. The van der Waals surface area contributed by atoms with E-state index in [0.29, 0.717) is 30.8 Å². The molecule has 3 nitrogen and oxygen atoms in total. The molecule has 2 aliphatic rings. The normalized spacial score (nSPS) is 21.4. The van der Waals surface area contributed by atoms with Crippen LogP contribution in [0.1, 0.15) is 52.4 Å². The molecule has 2 rings (SSSR count). The van der Waals surface area contributed by atoms with Crippen molar-refractivity contribution in [3.63, 3.8) is 0 Å². The van der Waals surface area contributed by atoms with Crippen molar-refractivity contribution in [2.75, 3.05) is 6.54 Å². The molecule has 0 heterocycles. The van der Waals surface area contributed by atoms with Gasteiger partial charge in [0.2, 0.25) is 5.91 Å². The zero-order chi connectivity index (χ0) is 13.1. The first-order valence-corrected chi connectivity index (χ1v) is 7.59. The largest absolute Gasteiger partial charge is 0.353 e. The highest BCUT2D eigenvalue weighted by molar-refractivity contribution is 5.76. The third-order valence-electron chi connectivity index (χ3n) is 4.20. The van der Waals surface area contributed by atoms with Gasteiger partial charge in [-0.15, -0.1) is 0 Å². The van der Waals surface area contributed by atoms with Crippen molar-refractivity contribution in [3.8, 4) is 0 Å². The van der Waals surface area contributed by atoms with Gasteiger partial charge in [-0.1, -0.05) is 13.8 Å². The standard InChI is InChI=1S/C15H28N2O/c1-10(2)7-11(9-16)8-14(18)17-15(12-3-4-12)13-5-6-13/h10-13,15H,3-9,16H2,1-2H3,(H,17,18)/t11-/m0/s1. The van der Waals surface area contributed by atoms with Crippen molar-refractivity contribution in [1.82, 2.24) is 5.32 Å². The van der Waals surface area contributed by atoms with E-state index in [2.05, 4.69) is 19.2 Å². The lowest BCUT2D eigenvalue weighted by Gasteiger charge is -2.21. The van der Waals surface area contributed by atoms with E-state index in [9.17, 15) is 4.79 Å². The molecule has 0 bridgehead atoms. The lowest BCUT2D eigenvalue weighted by molar-refractivity contribution is -0.123. The number of nitrogens with two attached hydrogens (primary N) is 1. The van der Waals surface area contributed by atoms with Gasteiger partial charge in [0.05, 0.1) is 0 Å². The van der Waals surface area contributed by atoms with Crippen LogP contribution in [0.4, 0.5) is 0 Å². The van der Waals surface area contributed by atoms with E-state index in [1.54, 1.807) is 0 Å². The molecule has 0 unspecified atom stereocenters. The fourth-order valence-electron chi connectivity index (χ4n) is 2.97. The molecule has 2 fully saturated rings. The molecule has 0 radical (unpaired) electrons. The average Bonchev–Trinajstić information content (AvgIpc) is 3.16. The Kier molecular flexibility index (Phi) is 4.66. The van der Waals surface area contributed by atoms with Crippen LogP contribution in [0.25, 0.3) is 0 Å². The van der Waals surface area contributed by atoms with Gasteiger partial charge in [-0.2, -0.15) is 0 Å². The Hall–Kier alpha value is -0.570. The number of hydrogen-bond acceptors (Lipinski definition) is 2. The Labute approximate surface area is 111 Å². The number of nitrogens with one attached hydrogen (secondary N) is 1. The van der Waals surface area contributed by atoms with Crippen LogP contribution in [0.3, 0.4) is 0 Å². The predicted molar refractivity (Wildman–Crippen MR) is 74.0 cm³/mol. The van der Waals surface area contributed by atoms with Gasteiger partial charge in [-0.05, 0) is 62.3 Å². The second kappa shape index (κ2) is 6.05. The molecule has 1 atom stereocenters. The summed E-state index contributed by atoms with van der Waals surface area (Å²) >= 11 is 0. The van der Waals surface area contributed by atoms with Gasteiger partial charge in [-0.25, -0.2) is 0 Å². The summed E-state index contributed by atoms with van der Waals surface area (Å²) in [6, 6.07) is 0.481. The van der Waals surface area contributed by atoms with Crippen LogP contribution in [0, 0.1) is 23.7 Å². The summed E-state index contributed by atoms with van der Waals surface area (Å²) < 4.78 is 0. The maximum atomic E-state index is 12.1. The van der Waals surface area contributed by atoms with Gasteiger partial charge in [0.15, 0.2) is 0 Å². The van der Waals surface area contributed by atoms with Gasteiger partial charge in [0.1, 0.15) is 0 Å². The van der Waals surface area contributed by atoms with Crippen LogP contribution in [0.15, 0.2) is 0 Å². The van der Waals surface area contributed by atoms with Crippen LogP contribution in [0.5, 0.6) is 0 Å². The van der Waals surface area contributed by atoms with E-state index in [0.717, 1.165) is 18.3 Å². The molecular weight excluding hydrogens is 224 g/mol. The van der Waals surface area contributed by atoms with Gasteiger partial charge < -0.3 is 11.1 Å². The topological polar surface area (TPSA) is 55.1 Å². The minimum Gasteiger partial charge on any atom is -0.353 e. The van der Waals surface area contributed by atoms with Gasteiger partial charge in [-0.3, -0.25) is 4.79 Å². The molecule has 104 valence electrons. The molecule has 18 heavy (non-hydrogen) atoms. The molecule has 1 amide bonds. The summed E-state index contributed by atoms with van der Waals surface area (Å²) in [7, 11) is 0. The highest BCUT2D eigenvalue weighted by Gasteiger charge is 2.42. The molecule has 0 spiro atoms. The molecule has 3 N–H and O–H groups in total. The smallest absolute Gasteiger partial charge is 0.220 e. The number of rotatable bonds is 8. The van der Waals surface area contributed by atoms with Crippen LogP contribution < -0.4 is 11.1 Å². The summed E-state index contributed by atoms with van der Waals surface area (Å²) in [4.78, 5) is 12.1. The third-order valence-corrected chi connectivity index (χ3v) is 4.20. The molecule has 0 saturated heterocycles. The van der Waals surface area contributed by atoms with Crippen LogP contribution >= 0.6 is 0 Å². The first-order valence-electron chi connectivity index (χ1n) is 7.59. The summed E-state index contributed by atoms with van der Waals surface area (Å²) in [6.07, 6.45) is 6.93. The zero-order valence-electron chi connectivity index (χ0n) is 11.8. The molecule has 2 aliphatic carbocycles. The summed E-state index contributed by atoms with van der Waals surface area (Å²) in [5, 5.41) is 3.28. The maximum absolute atomic E-state index is 12.1. The molecule has 0 aromatic heterocycles. The van der Waals surface area contributed by atoms with Crippen molar-refractivity contribution in [2.24, 2.45) is 29.4 Å². The Balaban J connectivity index is 1.75. The van der Waals surface area contributed by atoms with E-state index < -0.39 is 0 Å². The van der Waals surface area contributed by atoms with Crippen molar-refractivity contribution in [3.05, 3.63) is 0 Å². The van der Waals surface area contributed by atoms with Gasteiger partial charge >= 0.3 is 0 Å². The Morgan fingerprint density at radius 3 is 2.17 bits per heavy atom. The predicted octanol–water partition coefficient (Wildman–Crippen LogP) is 2.30. The fraction of sp³-hybridized carbons (Fsp3) is 0.933. The lowest BCUT2D eigenvalue weighted by atomic mass is 9.93.